The summed E-state index contributed by atoms with van der Waals surface area (Å²) in [5.74, 6) is 0.748. The van der Waals surface area contributed by atoms with Crippen LogP contribution in [-0.4, -0.2) is 24.2 Å². The number of phenolic OH excluding ortho intramolecular Hbond substituents is 1. The Bertz CT molecular complexity index is 416. The third-order valence-electron chi connectivity index (χ3n) is 2.65. The number of carbonyl (C=O) groups excluding carboxylic acids is 1. The van der Waals surface area contributed by atoms with Gasteiger partial charge in [0.1, 0.15) is 11.5 Å². The number of hydrogen-bond donors (Lipinski definition) is 2. The number of carbonyl (C=O) groups is 1. The monoisotopic (exact) mass is 251 g/mol. The van der Waals surface area contributed by atoms with Gasteiger partial charge in [-0.05, 0) is 37.5 Å². The standard InChI is InChI=1S/C14H21NO3/c1-9(2)7-10(3)15-14(17)12-8-11(18-4)5-6-13(12)16/h5-6,8-10,16H,7H2,1-4H3,(H,15,17). The third-order valence-corrected chi connectivity index (χ3v) is 2.65. The number of rotatable bonds is 5. The van der Waals surface area contributed by atoms with Gasteiger partial charge in [-0.25, -0.2) is 0 Å². The molecule has 1 unspecified atom stereocenters. The molecule has 0 aliphatic rings. The van der Waals surface area contributed by atoms with Crippen molar-refractivity contribution >= 4 is 5.91 Å². The van der Waals surface area contributed by atoms with Crippen LogP contribution in [0.1, 0.15) is 37.6 Å². The fraction of sp³-hybridized carbons (Fsp3) is 0.500. The minimum atomic E-state index is -0.278. The summed E-state index contributed by atoms with van der Waals surface area (Å²) in [7, 11) is 1.52. The van der Waals surface area contributed by atoms with E-state index < -0.39 is 0 Å². The summed E-state index contributed by atoms with van der Waals surface area (Å²) in [5.41, 5.74) is 0.241. The molecule has 1 aromatic rings. The highest BCUT2D eigenvalue weighted by molar-refractivity contribution is 5.97. The Morgan fingerprint density at radius 2 is 2.06 bits per heavy atom. The van der Waals surface area contributed by atoms with Gasteiger partial charge in [0.05, 0.1) is 12.7 Å². The van der Waals surface area contributed by atoms with Crippen LogP contribution >= 0.6 is 0 Å². The average Bonchev–Trinajstić information content (AvgIpc) is 2.28. The molecule has 2 N–H and O–H groups in total. The molecule has 0 bridgehead atoms. The smallest absolute Gasteiger partial charge is 0.255 e. The van der Waals surface area contributed by atoms with Crippen LogP contribution < -0.4 is 10.1 Å². The first-order chi connectivity index (χ1) is 8.43. The lowest BCUT2D eigenvalue weighted by Crippen LogP contribution is -2.33. The maximum atomic E-state index is 12.0. The molecule has 0 fully saturated rings. The van der Waals surface area contributed by atoms with E-state index in [9.17, 15) is 9.90 Å². The second-order valence-corrected chi connectivity index (χ2v) is 4.89. The molecule has 0 aromatic heterocycles. The number of phenols is 1. The van der Waals surface area contributed by atoms with Crippen LogP contribution in [0.3, 0.4) is 0 Å². The lowest BCUT2D eigenvalue weighted by atomic mass is 10.0. The molecule has 1 rings (SSSR count). The van der Waals surface area contributed by atoms with E-state index in [1.165, 1.54) is 19.2 Å². The van der Waals surface area contributed by atoms with E-state index in [2.05, 4.69) is 19.2 Å². The summed E-state index contributed by atoms with van der Waals surface area (Å²) >= 11 is 0. The van der Waals surface area contributed by atoms with Crippen molar-refractivity contribution < 1.29 is 14.6 Å². The van der Waals surface area contributed by atoms with Crippen LogP contribution in [0.25, 0.3) is 0 Å². The Labute approximate surface area is 108 Å². The second kappa shape index (κ2) is 6.28. The zero-order chi connectivity index (χ0) is 13.7. The van der Waals surface area contributed by atoms with Gasteiger partial charge in [0.15, 0.2) is 0 Å². The Morgan fingerprint density at radius 3 is 2.61 bits per heavy atom. The molecule has 0 spiro atoms. The predicted octanol–water partition coefficient (Wildman–Crippen LogP) is 2.57. The van der Waals surface area contributed by atoms with E-state index in [-0.39, 0.29) is 23.3 Å². The van der Waals surface area contributed by atoms with Crippen molar-refractivity contribution in [2.24, 2.45) is 5.92 Å². The Balaban J connectivity index is 2.77. The molecular weight excluding hydrogens is 230 g/mol. The Kier molecular flexibility index (Phi) is 5.01. The first kappa shape index (κ1) is 14.4. The fourth-order valence-electron chi connectivity index (χ4n) is 1.89. The van der Waals surface area contributed by atoms with Crippen LogP contribution in [-0.2, 0) is 0 Å². The van der Waals surface area contributed by atoms with E-state index in [0.29, 0.717) is 11.7 Å². The van der Waals surface area contributed by atoms with Crippen molar-refractivity contribution in [1.29, 1.82) is 0 Å². The van der Waals surface area contributed by atoms with Crippen LogP contribution in [0.15, 0.2) is 18.2 Å². The van der Waals surface area contributed by atoms with Crippen molar-refractivity contribution in [3.8, 4) is 11.5 Å². The number of nitrogens with one attached hydrogen (secondary N) is 1. The quantitative estimate of drug-likeness (QED) is 0.845. The lowest BCUT2D eigenvalue weighted by Gasteiger charge is -2.16. The minimum absolute atomic E-state index is 0.0370. The molecule has 1 amide bonds. The van der Waals surface area contributed by atoms with Gasteiger partial charge in [0.25, 0.3) is 5.91 Å². The van der Waals surface area contributed by atoms with Gasteiger partial charge in [-0.3, -0.25) is 4.79 Å². The van der Waals surface area contributed by atoms with Crippen LogP contribution in [0, 0.1) is 5.92 Å². The van der Waals surface area contributed by atoms with Gasteiger partial charge in [-0.1, -0.05) is 13.8 Å². The molecule has 0 radical (unpaired) electrons. The van der Waals surface area contributed by atoms with Gasteiger partial charge >= 0.3 is 0 Å². The first-order valence-electron chi connectivity index (χ1n) is 6.12. The lowest BCUT2D eigenvalue weighted by molar-refractivity contribution is 0.0933. The van der Waals surface area contributed by atoms with Crippen molar-refractivity contribution in [2.45, 2.75) is 33.2 Å². The number of aromatic hydroxyl groups is 1. The SMILES string of the molecule is COc1ccc(O)c(C(=O)NC(C)CC(C)C)c1. The highest BCUT2D eigenvalue weighted by atomic mass is 16.5. The van der Waals surface area contributed by atoms with E-state index in [4.69, 9.17) is 4.74 Å². The van der Waals surface area contributed by atoms with Crippen LogP contribution in [0.2, 0.25) is 0 Å². The molecule has 1 aromatic carbocycles. The highest BCUT2D eigenvalue weighted by Crippen LogP contribution is 2.22. The van der Waals surface area contributed by atoms with Crippen molar-refractivity contribution in [3.05, 3.63) is 23.8 Å². The van der Waals surface area contributed by atoms with E-state index >= 15 is 0 Å². The van der Waals surface area contributed by atoms with Gasteiger partial charge in [0.2, 0.25) is 0 Å². The Hall–Kier alpha value is -1.71. The van der Waals surface area contributed by atoms with Gasteiger partial charge in [-0.2, -0.15) is 0 Å². The van der Waals surface area contributed by atoms with Crippen LogP contribution in [0.4, 0.5) is 0 Å². The normalized spacial score (nSPS) is 12.3. The number of methoxy groups -OCH3 is 1. The number of hydrogen-bond acceptors (Lipinski definition) is 3. The minimum Gasteiger partial charge on any atom is -0.507 e. The summed E-state index contributed by atoms with van der Waals surface area (Å²) in [6.07, 6.45) is 0.899. The average molecular weight is 251 g/mol. The molecule has 0 saturated heterocycles. The first-order valence-corrected chi connectivity index (χ1v) is 6.12. The molecule has 0 aliphatic heterocycles. The van der Waals surface area contributed by atoms with E-state index in [0.717, 1.165) is 6.42 Å². The number of benzene rings is 1. The molecule has 1 atom stereocenters. The summed E-state index contributed by atoms with van der Waals surface area (Å²) < 4.78 is 5.04. The fourth-order valence-corrected chi connectivity index (χ4v) is 1.89. The summed E-state index contributed by atoms with van der Waals surface area (Å²) in [6, 6.07) is 4.68. The largest absolute Gasteiger partial charge is 0.507 e. The van der Waals surface area contributed by atoms with E-state index in [1.807, 2.05) is 6.92 Å². The van der Waals surface area contributed by atoms with E-state index in [1.54, 1.807) is 6.07 Å². The zero-order valence-corrected chi connectivity index (χ0v) is 11.4. The molecule has 100 valence electrons. The van der Waals surface area contributed by atoms with Gasteiger partial charge in [0, 0.05) is 6.04 Å². The maximum Gasteiger partial charge on any atom is 0.255 e. The van der Waals surface area contributed by atoms with Crippen molar-refractivity contribution in [1.82, 2.24) is 5.32 Å². The molecule has 0 aliphatic carbocycles. The zero-order valence-electron chi connectivity index (χ0n) is 11.4. The summed E-state index contributed by atoms with van der Waals surface area (Å²) in [5, 5.41) is 12.5. The number of amides is 1. The summed E-state index contributed by atoms with van der Waals surface area (Å²) in [6.45, 7) is 6.16. The number of ether oxygens (including phenoxy) is 1. The molecular formula is C14H21NO3. The third kappa shape index (κ3) is 3.95. The van der Waals surface area contributed by atoms with Crippen molar-refractivity contribution in [3.63, 3.8) is 0 Å². The molecule has 0 heterocycles. The maximum absolute atomic E-state index is 12.0. The predicted molar refractivity (Wildman–Crippen MR) is 71.0 cm³/mol. The highest BCUT2D eigenvalue weighted by Gasteiger charge is 2.15. The molecule has 0 saturated carbocycles. The van der Waals surface area contributed by atoms with Gasteiger partial charge in [-0.15, -0.1) is 0 Å². The molecule has 18 heavy (non-hydrogen) atoms. The second-order valence-electron chi connectivity index (χ2n) is 4.89. The molecule has 4 heteroatoms. The summed E-state index contributed by atoms with van der Waals surface area (Å²) in [4.78, 5) is 12.0. The Morgan fingerprint density at radius 1 is 1.39 bits per heavy atom. The van der Waals surface area contributed by atoms with Crippen LogP contribution in [0.5, 0.6) is 11.5 Å². The molecule has 4 nitrogen and oxygen atoms in total. The topological polar surface area (TPSA) is 58.6 Å². The van der Waals surface area contributed by atoms with Gasteiger partial charge < -0.3 is 15.2 Å². The van der Waals surface area contributed by atoms with Crippen molar-refractivity contribution in [2.75, 3.05) is 7.11 Å².